The third-order valence-corrected chi connectivity index (χ3v) is 4.92. The Morgan fingerprint density at radius 1 is 0.810 bits per heavy atom. The molecule has 0 aliphatic carbocycles. The van der Waals surface area contributed by atoms with Gasteiger partial charge in [-0.3, -0.25) is 0 Å². The molecule has 0 radical (unpaired) electrons. The Balaban J connectivity index is 1.90. The van der Waals surface area contributed by atoms with Crippen LogP contribution in [0.1, 0.15) is 11.1 Å². The summed E-state index contributed by atoms with van der Waals surface area (Å²) in [4.78, 5) is 1.81. The quantitative estimate of drug-likeness (QED) is 0.683. The number of aromatic nitrogens is 3. The van der Waals surface area contributed by atoms with Gasteiger partial charge in [-0.1, -0.05) is 56.0 Å². The van der Waals surface area contributed by atoms with E-state index in [0.29, 0.717) is 0 Å². The van der Waals surface area contributed by atoms with Crippen LogP contribution in [0.5, 0.6) is 0 Å². The molecule has 0 atom stereocenters. The van der Waals surface area contributed by atoms with E-state index >= 15 is 0 Å². The van der Waals surface area contributed by atoms with Crippen molar-refractivity contribution in [2.45, 2.75) is 32.2 Å². The Kier molecular flexibility index (Phi) is 3.63. The van der Waals surface area contributed by atoms with Gasteiger partial charge in [0.05, 0.1) is 6.54 Å². The first-order chi connectivity index (χ1) is 10.0. The molecule has 0 fully saturated rings. The van der Waals surface area contributed by atoms with Crippen LogP contribution in [0.25, 0.3) is 11.0 Å². The predicted molar refractivity (Wildman–Crippen MR) is 90.1 cm³/mol. The summed E-state index contributed by atoms with van der Waals surface area (Å²) < 4.78 is 0. The molecule has 0 saturated carbocycles. The Hall–Kier alpha value is -1.94. The SMILES string of the molecule is C[Si](C)(C)Cc1ccccc1Cn1nc2ccccc2n1. The van der Waals surface area contributed by atoms with Crippen LogP contribution in [-0.2, 0) is 12.6 Å². The van der Waals surface area contributed by atoms with Crippen LogP contribution in [0.2, 0.25) is 19.6 Å². The maximum absolute atomic E-state index is 4.56. The summed E-state index contributed by atoms with van der Waals surface area (Å²) in [6.45, 7) is 7.97. The van der Waals surface area contributed by atoms with Crippen LogP contribution in [0.4, 0.5) is 0 Å². The molecule has 2 aromatic carbocycles. The van der Waals surface area contributed by atoms with Crippen LogP contribution in [-0.4, -0.2) is 23.1 Å². The highest BCUT2D eigenvalue weighted by atomic mass is 28.3. The lowest BCUT2D eigenvalue weighted by Gasteiger charge is -2.18. The maximum Gasteiger partial charge on any atom is 0.113 e. The van der Waals surface area contributed by atoms with Gasteiger partial charge in [0.25, 0.3) is 0 Å². The van der Waals surface area contributed by atoms with Gasteiger partial charge in [-0.05, 0) is 29.3 Å². The van der Waals surface area contributed by atoms with Gasteiger partial charge in [0.2, 0.25) is 0 Å². The molecule has 0 aliphatic heterocycles. The fourth-order valence-electron chi connectivity index (χ4n) is 2.58. The molecule has 21 heavy (non-hydrogen) atoms. The summed E-state index contributed by atoms with van der Waals surface area (Å²) >= 11 is 0. The second-order valence-corrected chi connectivity index (χ2v) is 12.2. The molecule has 108 valence electrons. The number of hydrogen-bond acceptors (Lipinski definition) is 2. The van der Waals surface area contributed by atoms with Gasteiger partial charge in [-0.15, -0.1) is 0 Å². The lowest BCUT2D eigenvalue weighted by molar-refractivity contribution is 0.598. The molecule has 0 spiro atoms. The summed E-state index contributed by atoms with van der Waals surface area (Å²) in [7, 11) is -1.13. The lowest BCUT2D eigenvalue weighted by atomic mass is 10.1. The average Bonchev–Trinajstić information content (AvgIpc) is 2.81. The van der Waals surface area contributed by atoms with Crippen molar-refractivity contribution in [3.05, 3.63) is 59.7 Å². The zero-order valence-electron chi connectivity index (χ0n) is 12.9. The molecular formula is C17H21N3Si. The van der Waals surface area contributed by atoms with E-state index in [1.165, 1.54) is 17.2 Å². The Morgan fingerprint density at radius 3 is 1.90 bits per heavy atom. The maximum atomic E-state index is 4.56. The van der Waals surface area contributed by atoms with Crippen molar-refractivity contribution in [2.24, 2.45) is 0 Å². The molecule has 1 aromatic heterocycles. The first kappa shape index (κ1) is 14.0. The molecule has 3 nitrogen and oxygen atoms in total. The number of fused-ring (bicyclic) bond motifs is 1. The van der Waals surface area contributed by atoms with Gasteiger partial charge in [-0.25, -0.2) is 0 Å². The van der Waals surface area contributed by atoms with Gasteiger partial charge < -0.3 is 0 Å². The molecule has 0 saturated heterocycles. The highest BCUT2D eigenvalue weighted by Crippen LogP contribution is 2.17. The van der Waals surface area contributed by atoms with Crippen molar-refractivity contribution in [1.82, 2.24) is 15.0 Å². The van der Waals surface area contributed by atoms with Gasteiger partial charge >= 0.3 is 0 Å². The highest BCUT2D eigenvalue weighted by Gasteiger charge is 2.16. The third-order valence-electron chi connectivity index (χ3n) is 3.48. The van der Waals surface area contributed by atoms with E-state index in [1.54, 1.807) is 0 Å². The fourth-order valence-corrected chi connectivity index (χ4v) is 4.07. The molecule has 1 heterocycles. The lowest BCUT2D eigenvalue weighted by Crippen LogP contribution is -2.25. The molecule has 0 bridgehead atoms. The van der Waals surface area contributed by atoms with Crippen molar-refractivity contribution in [3.8, 4) is 0 Å². The Labute approximate surface area is 126 Å². The fraction of sp³-hybridized carbons (Fsp3) is 0.294. The van der Waals surface area contributed by atoms with Crippen LogP contribution >= 0.6 is 0 Å². The average molecular weight is 295 g/mol. The highest BCUT2D eigenvalue weighted by molar-refractivity contribution is 6.75. The van der Waals surface area contributed by atoms with Crippen LogP contribution in [0, 0.1) is 0 Å². The largest absolute Gasteiger partial charge is 0.179 e. The van der Waals surface area contributed by atoms with E-state index in [0.717, 1.165) is 17.6 Å². The molecule has 0 N–H and O–H groups in total. The van der Waals surface area contributed by atoms with Crippen molar-refractivity contribution in [1.29, 1.82) is 0 Å². The predicted octanol–water partition coefficient (Wildman–Crippen LogP) is 3.90. The second kappa shape index (κ2) is 5.45. The second-order valence-electron chi connectivity index (χ2n) is 6.73. The van der Waals surface area contributed by atoms with Crippen molar-refractivity contribution >= 4 is 19.1 Å². The zero-order valence-corrected chi connectivity index (χ0v) is 13.9. The Bertz CT molecular complexity index is 723. The van der Waals surface area contributed by atoms with E-state index in [2.05, 4.69) is 54.1 Å². The minimum absolute atomic E-state index is 0.745. The van der Waals surface area contributed by atoms with Gasteiger partial charge in [0, 0.05) is 8.07 Å². The molecule has 3 aromatic rings. The summed E-state index contributed by atoms with van der Waals surface area (Å²) in [5.41, 5.74) is 4.69. The van der Waals surface area contributed by atoms with E-state index in [-0.39, 0.29) is 0 Å². The molecule has 0 amide bonds. The van der Waals surface area contributed by atoms with E-state index in [4.69, 9.17) is 0 Å². The van der Waals surface area contributed by atoms with Crippen LogP contribution in [0.15, 0.2) is 48.5 Å². The van der Waals surface area contributed by atoms with E-state index in [9.17, 15) is 0 Å². The Morgan fingerprint density at radius 2 is 1.33 bits per heavy atom. The topological polar surface area (TPSA) is 30.7 Å². The van der Waals surface area contributed by atoms with E-state index in [1.807, 2.05) is 29.1 Å². The first-order valence-electron chi connectivity index (χ1n) is 7.38. The van der Waals surface area contributed by atoms with Crippen molar-refractivity contribution in [3.63, 3.8) is 0 Å². The number of benzene rings is 2. The number of rotatable bonds is 4. The van der Waals surface area contributed by atoms with Crippen LogP contribution in [0.3, 0.4) is 0 Å². The van der Waals surface area contributed by atoms with Crippen molar-refractivity contribution < 1.29 is 0 Å². The standard InChI is InChI=1S/C17H21N3Si/c1-21(2,3)13-15-9-5-4-8-14(15)12-20-18-16-10-6-7-11-17(16)19-20/h4-11H,12-13H2,1-3H3. The summed E-state index contributed by atoms with van der Waals surface area (Å²) in [6.07, 6.45) is 0. The molecule has 0 aliphatic rings. The number of nitrogens with zero attached hydrogens (tertiary/aromatic N) is 3. The molecule has 4 heteroatoms. The van der Waals surface area contributed by atoms with Gasteiger partial charge in [0.1, 0.15) is 11.0 Å². The minimum atomic E-state index is -1.13. The zero-order chi connectivity index (χ0) is 14.9. The number of hydrogen-bond donors (Lipinski definition) is 0. The molecular weight excluding hydrogens is 274 g/mol. The normalized spacial score (nSPS) is 12.0. The molecule has 0 unspecified atom stereocenters. The third kappa shape index (κ3) is 3.39. The monoisotopic (exact) mass is 295 g/mol. The summed E-state index contributed by atoms with van der Waals surface area (Å²) in [5.74, 6) is 0. The van der Waals surface area contributed by atoms with Gasteiger partial charge in [-0.2, -0.15) is 15.0 Å². The van der Waals surface area contributed by atoms with Gasteiger partial charge in [0.15, 0.2) is 0 Å². The molecule has 3 rings (SSSR count). The summed E-state index contributed by atoms with van der Waals surface area (Å²) in [6, 6.07) is 17.9. The summed E-state index contributed by atoms with van der Waals surface area (Å²) in [5, 5.41) is 9.12. The van der Waals surface area contributed by atoms with E-state index < -0.39 is 8.07 Å². The van der Waals surface area contributed by atoms with Crippen LogP contribution < -0.4 is 0 Å². The minimum Gasteiger partial charge on any atom is -0.179 e. The van der Waals surface area contributed by atoms with Crippen molar-refractivity contribution in [2.75, 3.05) is 0 Å². The smallest absolute Gasteiger partial charge is 0.113 e. The first-order valence-corrected chi connectivity index (χ1v) is 11.1.